The van der Waals surface area contributed by atoms with Crippen LogP contribution in [0.3, 0.4) is 0 Å². The number of rotatable bonds is 4. The van der Waals surface area contributed by atoms with Crippen molar-refractivity contribution in [2.75, 3.05) is 11.4 Å². The highest BCUT2D eigenvalue weighted by molar-refractivity contribution is 5.94. The molecule has 0 unspecified atom stereocenters. The Balaban J connectivity index is 1.39. The zero-order valence-electron chi connectivity index (χ0n) is 15.6. The van der Waals surface area contributed by atoms with Gasteiger partial charge in [0.15, 0.2) is 5.82 Å². The molecular formula is C20H18N6O3. The van der Waals surface area contributed by atoms with Gasteiger partial charge in [-0.1, -0.05) is 6.07 Å². The monoisotopic (exact) mass is 390 g/mol. The van der Waals surface area contributed by atoms with Crippen molar-refractivity contribution in [1.82, 2.24) is 25.1 Å². The molecule has 5 rings (SSSR count). The quantitative estimate of drug-likeness (QED) is 0.728. The number of aromatic nitrogens is 4. The first-order valence-corrected chi connectivity index (χ1v) is 9.29. The highest BCUT2D eigenvalue weighted by Gasteiger charge is 2.47. The van der Waals surface area contributed by atoms with Crippen molar-refractivity contribution in [1.29, 1.82) is 0 Å². The van der Waals surface area contributed by atoms with Crippen LogP contribution in [0.4, 0.5) is 10.5 Å². The maximum Gasteiger partial charge on any atom is 0.415 e. The first-order valence-electron chi connectivity index (χ1n) is 9.29. The highest BCUT2D eigenvalue weighted by atomic mass is 16.6. The Morgan fingerprint density at radius 3 is 2.86 bits per heavy atom. The fourth-order valence-corrected chi connectivity index (χ4v) is 3.90. The molecule has 1 fully saturated rings. The largest absolute Gasteiger partial charge is 0.442 e. The molecule has 1 saturated heterocycles. The topological polar surface area (TPSA) is 102 Å². The van der Waals surface area contributed by atoms with Crippen molar-refractivity contribution in [2.24, 2.45) is 0 Å². The van der Waals surface area contributed by atoms with E-state index in [-0.39, 0.29) is 24.1 Å². The molecule has 2 aromatic heterocycles. The molecular weight excluding hydrogens is 372 g/mol. The van der Waals surface area contributed by atoms with Gasteiger partial charge >= 0.3 is 6.09 Å². The number of hydrogen-bond acceptors (Lipinski definition) is 6. The molecule has 0 bridgehead atoms. The number of anilines is 1. The summed E-state index contributed by atoms with van der Waals surface area (Å²) in [6.45, 7) is 1.77. The summed E-state index contributed by atoms with van der Waals surface area (Å²) >= 11 is 0. The molecule has 2 aliphatic rings. The average Bonchev–Trinajstić information content (AvgIpc) is 3.44. The highest BCUT2D eigenvalue weighted by Crippen LogP contribution is 2.40. The lowest BCUT2D eigenvalue weighted by Crippen LogP contribution is -2.40. The van der Waals surface area contributed by atoms with Crippen LogP contribution in [0.15, 0.2) is 49.2 Å². The third kappa shape index (κ3) is 3.00. The van der Waals surface area contributed by atoms with E-state index >= 15 is 0 Å². The van der Waals surface area contributed by atoms with E-state index in [4.69, 9.17) is 4.74 Å². The van der Waals surface area contributed by atoms with E-state index in [1.54, 1.807) is 22.1 Å². The molecule has 1 aromatic carbocycles. The van der Waals surface area contributed by atoms with Gasteiger partial charge in [-0.15, -0.1) is 0 Å². The molecule has 29 heavy (non-hydrogen) atoms. The van der Waals surface area contributed by atoms with Gasteiger partial charge in [-0.2, -0.15) is 5.10 Å². The summed E-state index contributed by atoms with van der Waals surface area (Å²) in [7, 11) is 0. The molecule has 2 amide bonds. The number of fused-ring (bicyclic) bond motifs is 3. The zero-order chi connectivity index (χ0) is 20.0. The molecule has 4 heterocycles. The van der Waals surface area contributed by atoms with Gasteiger partial charge in [0, 0.05) is 18.7 Å². The van der Waals surface area contributed by atoms with Gasteiger partial charge in [-0.3, -0.25) is 9.69 Å². The van der Waals surface area contributed by atoms with E-state index in [0.29, 0.717) is 18.8 Å². The second-order valence-corrected chi connectivity index (χ2v) is 7.09. The van der Waals surface area contributed by atoms with Crippen LogP contribution in [-0.2, 0) is 16.0 Å². The molecule has 2 aliphatic heterocycles. The number of nitrogens with one attached hydrogen (secondary N) is 1. The molecule has 3 aromatic rings. The Hall–Kier alpha value is -3.75. The smallest absolute Gasteiger partial charge is 0.415 e. The summed E-state index contributed by atoms with van der Waals surface area (Å²) < 4.78 is 7.05. The predicted octanol–water partition coefficient (Wildman–Crippen LogP) is 1.72. The predicted molar refractivity (Wildman–Crippen MR) is 104 cm³/mol. The van der Waals surface area contributed by atoms with Crippen molar-refractivity contribution in [3.63, 3.8) is 0 Å². The van der Waals surface area contributed by atoms with Crippen LogP contribution >= 0.6 is 0 Å². The minimum atomic E-state index is -0.365. The van der Waals surface area contributed by atoms with Crippen LogP contribution in [-0.4, -0.2) is 50.4 Å². The van der Waals surface area contributed by atoms with Crippen LogP contribution in [0.25, 0.3) is 16.9 Å². The number of amides is 2. The van der Waals surface area contributed by atoms with E-state index in [1.165, 1.54) is 13.3 Å². The number of nitrogens with zero attached hydrogens (tertiary/aromatic N) is 5. The lowest BCUT2D eigenvalue weighted by molar-refractivity contribution is -0.119. The molecule has 2 atom stereocenters. The Morgan fingerprint density at radius 2 is 2.14 bits per heavy atom. The standard InChI is InChI=1S/C20H18N6O3/c1-12(27)22-9-18-17-7-15-6-13(2-4-16(15)26(17)20(28)29-18)14-3-5-19(23-8-14)25-11-21-10-24-25/h2-6,8,10-11,17-18H,7,9H2,1H3,(H,22,27)/t17-,18-/m0/s1. The lowest BCUT2D eigenvalue weighted by atomic mass is 10.0. The third-order valence-corrected chi connectivity index (χ3v) is 5.26. The second kappa shape index (κ2) is 6.69. The maximum absolute atomic E-state index is 12.3. The fraction of sp³-hybridized carbons (Fsp3) is 0.250. The van der Waals surface area contributed by atoms with Crippen molar-refractivity contribution in [2.45, 2.75) is 25.5 Å². The molecule has 9 nitrogen and oxygen atoms in total. The number of ether oxygens (including phenoxy) is 1. The summed E-state index contributed by atoms with van der Waals surface area (Å²) in [4.78, 5) is 33.6. The van der Waals surface area contributed by atoms with E-state index in [1.807, 2.05) is 24.3 Å². The number of cyclic esters (lactones) is 1. The van der Waals surface area contributed by atoms with E-state index < -0.39 is 0 Å². The van der Waals surface area contributed by atoms with Gasteiger partial charge in [0.2, 0.25) is 5.91 Å². The first-order chi connectivity index (χ1) is 14.1. The van der Waals surface area contributed by atoms with Gasteiger partial charge < -0.3 is 10.1 Å². The Labute approximate surface area is 166 Å². The number of carbonyl (C=O) groups is 2. The van der Waals surface area contributed by atoms with Crippen molar-refractivity contribution >= 4 is 17.7 Å². The molecule has 9 heteroatoms. The number of carbonyl (C=O) groups excluding carboxylic acids is 2. The Bertz CT molecular complexity index is 1080. The second-order valence-electron chi connectivity index (χ2n) is 7.09. The third-order valence-electron chi connectivity index (χ3n) is 5.26. The summed E-state index contributed by atoms with van der Waals surface area (Å²) in [5, 5.41) is 6.82. The van der Waals surface area contributed by atoms with E-state index in [2.05, 4.69) is 26.4 Å². The van der Waals surface area contributed by atoms with Crippen LogP contribution in [0.1, 0.15) is 12.5 Å². The Morgan fingerprint density at radius 1 is 1.28 bits per heavy atom. The number of pyridine rings is 1. The number of hydrogen-bond donors (Lipinski definition) is 1. The van der Waals surface area contributed by atoms with Gasteiger partial charge in [0.1, 0.15) is 18.8 Å². The summed E-state index contributed by atoms with van der Waals surface area (Å²) in [6.07, 6.45) is 4.82. The van der Waals surface area contributed by atoms with Crippen LogP contribution < -0.4 is 10.2 Å². The fourth-order valence-electron chi connectivity index (χ4n) is 3.90. The molecule has 0 radical (unpaired) electrons. The number of benzene rings is 1. The zero-order valence-corrected chi connectivity index (χ0v) is 15.6. The minimum Gasteiger partial charge on any atom is -0.442 e. The average molecular weight is 390 g/mol. The molecule has 0 aliphatic carbocycles. The normalized spacial score (nSPS) is 19.6. The van der Waals surface area contributed by atoms with Gasteiger partial charge in [-0.05, 0) is 41.8 Å². The summed E-state index contributed by atoms with van der Waals surface area (Å²) in [5.74, 6) is 0.552. The van der Waals surface area contributed by atoms with Crippen LogP contribution in [0.2, 0.25) is 0 Å². The van der Waals surface area contributed by atoms with Crippen molar-refractivity contribution in [3.05, 3.63) is 54.7 Å². The van der Waals surface area contributed by atoms with Gasteiger partial charge in [-0.25, -0.2) is 19.4 Å². The van der Waals surface area contributed by atoms with Gasteiger partial charge in [0.25, 0.3) is 0 Å². The first kappa shape index (κ1) is 17.4. The minimum absolute atomic E-state index is 0.104. The molecule has 146 valence electrons. The van der Waals surface area contributed by atoms with E-state index in [0.717, 1.165) is 22.4 Å². The van der Waals surface area contributed by atoms with Crippen LogP contribution in [0.5, 0.6) is 0 Å². The molecule has 1 N–H and O–H groups in total. The van der Waals surface area contributed by atoms with Crippen LogP contribution in [0, 0.1) is 0 Å². The van der Waals surface area contributed by atoms with Crippen molar-refractivity contribution in [3.8, 4) is 16.9 Å². The van der Waals surface area contributed by atoms with Gasteiger partial charge in [0.05, 0.1) is 18.3 Å². The molecule has 0 saturated carbocycles. The maximum atomic E-state index is 12.3. The summed E-state index contributed by atoms with van der Waals surface area (Å²) in [5.41, 5.74) is 3.94. The molecule has 0 spiro atoms. The SMILES string of the molecule is CC(=O)NC[C@@H]1OC(=O)N2c3ccc(-c4ccc(-n5cncn5)nc4)cc3C[C@@H]12. The summed E-state index contributed by atoms with van der Waals surface area (Å²) in [6, 6.07) is 9.77. The van der Waals surface area contributed by atoms with Crippen molar-refractivity contribution < 1.29 is 14.3 Å². The lowest BCUT2D eigenvalue weighted by Gasteiger charge is -2.16. The Kier molecular flexibility index (Phi) is 4.01. The van der Waals surface area contributed by atoms with E-state index in [9.17, 15) is 9.59 Å².